The van der Waals surface area contributed by atoms with E-state index in [1.165, 1.54) is 57.8 Å². The van der Waals surface area contributed by atoms with Crippen molar-refractivity contribution in [3.8, 4) is 0 Å². The Balaban J connectivity index is 1.54. The van der Waals surface area contributed by atoms with Gasteiger partial charge in [-0.2, -0.15) is 0 Å². The number of ether oxygens (including phenoxy) is 1. The SMILES string of the molecule is CCC1CCCC(OCCNC2CCCC(C)C2)C1. The lowest BCUT2D eigenvalue weighted by molar-refractivity contribution is 0.0129. The van der Waals surface area contributed by atoms with Crippen LogP contribution in [0.25, 0.3) is 0 Å². The van der Waals surface area contributed by atoms with Crippen molar-refractivity contribution in [2.24, 2.45) is 11.8 Å². The average Bonchev–Trinajstić information content (AvgIpc) is 2.44. The van der Waals surface area contributed by atoms with Gasteiger partial charge in [0.2, 0.25) is 0 Å². The van der Waals surface area contributed by atoms with Crippen LogP contribution in [0.15, 0.2) is 0 Å². The van der Waals surface area contributed by atoms with Crippen molar-refractivity contribution in [1.82, 2.24) is 5.32 Å². The minimum atomic E-state index is 0.547. The van der Waals surface area contributed by atoms with Crippen molar-refractivity contribution in [1.29, 1.82) is 0 Å². The Hall–Kier alpha value is -0.0800. The van der Waals surface area contributed by atoms with E-state index in [9.17, 15) is 0 Å². The van der Waals surface area contributed by atoms with Crippen molar-refractivity contribution in [3.05, 3.63) is 0 Å². The topological polar surface area (TPSA) is 21.3 Å². The molecule has 0 aromatic rings. The Labute approximate surface area is 119 Å². The maximum Gasteiger partial charge on any atom is 0.0594 e. The highest BCUT2D eigenvalue weighted by molar-refractivity contribution is 4.76. The standard InChI is InChI=1S/C17H33NO/c1-3-15-7-5-9-17(13-15)19-11-10-18-16-8-4-6-14(2)12-16/h14-18H,3-13H2,1-2H3. The Morgan fingerprint density at radius 2 is 1.89 bits per heavy atom. The smallest absolute Gasteiger partial charge is 0.0594 e. The van der Waals surface area contributed by atoms with E-state index in [1.807, 2.05) is 0 Å². The van der Waals surface area contributed by atoms with E-state index in [0.29, 0.717) is 6.10 Å². The third-order valence-electron chi connectivity index (χ3n) is 5.14. The first kappa shape index (κ1) is 15.3. The lowest BCUT2D eigenvalue weighted by Gasteiger charge is -2.30. The molecule has 1 N–H and O–H groups in total. The minimum Gasteiger partial charge on any atom is -0.377 e. The van der Waals surface area contributed by atoms with E-state index in [-0.39, 0.29) is 0 Å². The van der Waals surface area contributed by atoms with Gasteiger partial charge in [-0.15, -0.1) is 0 Å². The van der Waals surface area contributed by atoms with E-state index in [2.05, 4.69) is 19.2 Å². The summed E-state index contributed by atoms with van der Waals surface area (Å²) in [4.78, 5) is 0. The molecule has 0 aromatic heterocycles. The molecule has 2 fully saturated rings. The second-order valence-electron chi connectivity index (χ2n) is 6.86. The van der Waals surface area contributed by atoms with Crippen LogP contribution < -0.4 is 5.32 Å². The van der Waals surface area contributed by atoms with Gasteiger partial charge in [0.25, 0.3) is 0 Å². The van der Waals surface area contributed by atoms with Crippen molar-refractivity contribution in [3.63, 3.8) is 0 Å². The molecule has 19 heavy (non-hydrogen) atoms. The summed E-state index contributed by atoms with van der Waals surface area (Å²) in [7, 11) is 0. The van der Waals surface area contributed by atoms with Gasteiger partial charge in [-0.3, -0.25) is 0 Å². The lowest BCUT2D eigenvalue weighted by atomic mass is 9.85. The van der Waals surface area contributed by atoms with Gasteiger partial charge in [-0.05, 0) is 37.5 Å². The van der Waals surface area contributed by atoms with Crippen LogP contribution in [0, 0.1) is 11.8 Å². The minimum absolute atomic E-state index is 0.547. The molecular weight excluding hydrogens is 234 g/mol. The maximum atomic E-state index is 6.07. The third-order valence-corrected chi connectivity index (χ3v) is 5.14. The first-order valence-electron chi connectivity index (χ1n) is 8.63. The van der Waals surface area contributed by atoms with E-state index < -0.39 is 0 Å². The first-order chi connectivity index (χ1) is 9.28. The van der Waals surface area contributed by atoms with Crippen LogP contribution in [0.3, 0.4) is 0 Å². The quantitative estimate of drug-likeness (QED) is 0.730. The van der Waals surface area contributed by atoms with E-state index in [0.717, 1.165) is 31.0 Å². The summed E-state index contributed by atoms with van der Waals surface area (Å²) in [6, 6.07) is 0.752. The molecule has 0 amide bonds. The molecule has 0 saturated heterocycles. The van der Waals surface area contributed by atoms with Crippen LogP contribution in [0.5, 0.6) is 0 Å². The molecule has 0 spiro atoms. The van der Waals surface area contributed by atoms with Crippen LogP contribution in [0.1, 0.15) is 71.6 Å². The van der Waals surface area contributed by atoms with Crippen LogP contribution in [-0.2, 0) is 4.74 Å². The molecule has 2 aliphatic rings. The van der Waals surface area contributed by atoms with Gasteiger partial charge in [0.1, 0.15) is 0 Å². The maximum absolute atomic E-state index is 6.07. The summed E-state index contributed by atoms with van der Waals surface area (Å²) in [6.07, 6.45) is 12.8. The second kappa shape index (κ2) is 8.26. The molecule has 0 aromatic carbocycles. The summed E-state index contributed by atoms with van der Waals surface area (Å²) in [5.74, 6) is 1.83. The fourth-order valence-corrected chi connectivity index (χ4v) is 3.87. The highest BCUT2D eigenvalue weighted by Gasteiger charge is 2.21. The molecule has 2 aliphatic carbocycles. The molecule has 0 radical (unpaired) electrons. The van der Waals surface area contributed by atoms with Gasteiger partial charge < -0.3 is 10.1 Å². The fraction of sp³-hybridized carbons (Fsp3) is 1.00. The molecule has 4 unspecified atom stereocenters. The summed E-state index contributed by atoms with van der Waals surface area (Å²) in [5, 5.41) is 3.69. The summed E-state index contributed by atoms with van der Waals surface area (Å²) >= 11 is 0. The highest BCUT2D eigenvalue weighted by atomic mass is 16.5. The molecular formula is C17H33NO. The molecule has 0 bridgehead atoms. The van der Waals surface area contributed by atoms with E-state index >= 15 is 0 Å². The number of nitrogens with one attached hydrogen (secondary N) is 1. The third kappa shape index (κ3) is 5.43. The normalized spacial score (nSPS) is 36.3. The molecule has 0 heterocycles. The van der Waals surface area contributed by atoms with Gasteiger partial charge in [0.15, 0.2) is 0 Å². The molecule has 4 atom stereocenters. The Morgan fingerprint density at radius 1 is 1.05 bits per heavy atom. The van der Waals surface area contributed by atoms with Crippen molar-refractivity contribution >= 4 is 0 Å². The zero-order chi connectivity index (χ0) is 13.5. The molecule has 2 nitrogen and oxygen atoms in total. The van der Waals surface area contributed by atoms with Crippen molar-refractivity contribution in [2.75, 3.05) is 13.2 Å². The van der Waals surface area contributed by atoms with Crippen LogP contribution in [0.4, 0.5) is 0 Å². The molecule has 2 saturated carbocycles. The summed E-state index contributed by atoms with van der Waals surface area (Å²) in [5.41, 5.74) is 0. The monoisotopic (exact) mass is 267 g/mol. The number of hydrogen-bond acceptors (Lipinski definition) is 2. The Kier molecular flexibility index (Phi) is 6.66. The molecule has 0 aliphatic heterocycles. The summed E-state index contributed by atoms with van der Waals surface area (Å²) in [6.45, 7) is 6.66. The predicted molar refractivity (Wildman–Crippen MR) is 81.4 cm³/mol. The average molecular weight is 267 g/mol. The molecule has 112 valence electrons. The van der Waals surface area contributed by atoms with Crippen LogP contribution in [0.2, 0.25) is 0 Å². The fourth-order valence-electron chi connectivity index (χ4n) is 3.87. The van der Waals surface area contributed by atoms with Crippen LogP contribution in [-0.4, -0.2) is 25.3 Å². The Bertz CT molecular complexity index is 243. The Morgan fingerprint density at radius 3 is 2.68 bits per heavy atom. The molecule has 2 rings (SSSR count). The van der Waals surface area contributed by atoms with Crippen molar-refractivity contribution < 1.29 is 4.74 Å². The largest absolute Gasteiger partial charge is 0.377 e. The zero-order valence-corrected chi connectivity index (χ0v) is 13.0. The second-order valence-corrected chi connectivity index (χ2v) is 6.86. The van der Waals surface area contributed by atoms with Gasteiger partial charge in [0, 0.05) is 12.6 Å². The highest BCUT2D eigenvalue weighted by Crippen LogP contribution is 2.28. The zero-order valence-electron chi connectivity index (χ0n) is 13.0. The number of hydrogen-bond donors (Lipinski definition) is 1. The van der Waals surface area contributed by atoms with Gasteiger partial charge in [-0.1, -0.05) is 46.0 Å². The first-order valence-corrected chi connectivity index (χ1v) is 8.63. The molecule has 2 heteroatoms. The van der Waals surface area contributed by atoms with Crippen molar-refractivity contribution in [2.45, 2.75) is 83.8 Å². The number of rotatable bonds is 6. The van der Waals surface area contributed by atoms with E-state index in [1.54, 1.807) is 0 Å². The lowest BCUT2D eigenvalue weighted by Crippen LogP contribution is -2.36. The van der Waals surface area contributed by atoms with Crippen LogP contribution >= 0.6 is 0 Å². The summed E-state index contributed by atoms with van der Waals surface area (Å²) < 4.78 is 6.07. The van der Waals surface area contributed by atoms with Gasteiger partial charge in [-0.25, -0.2) is 0 Å². The predicted octanol–water partition coefficient (Wildman–Crippen LogP) is 4.14. The van der Waals surface area contributed by atoms with Gasteiger partial charge in [0.05, 0.1) is 12.7 Å². The van der Waals surface area contributed by atoms with Gasteiger partial charge >= 0.3 is 0 Å². The van der Waals surface area contributed by atoms with E-state index in [4.69, 9.17) is 4.74 Å².